The van der Waals surface area contributed by atoms with Crippen LogP contribution in [0.4, 0.5) is 5.69 Å². The Kier molecular flexibility index (Phi) is 7.95. The Labute approximate surface area is 224 Å². The number of hydrazone groups is 1. The molecular weight excluding hydrogens is 496 g/mol. The van der Waals surface area contributed by atoms with Crippen LogP contribution in [0.5, 0.6) is 5.75 Å². The molecule has 0 saturated carbocycles. The van der Waals surface area contributed by atoms with Crippen molar-refractivity contribution in [2.45, 2.75) is 11.7 Å². The number of carbonyl (C=O) groups excluding carboxylic acids is 1. The number of aromatic nitrogens is 3. The fourth-order valence-corrected chi connectivity index (χ4v) is 4.77. The predicted molar refractivity (Wildman–Crippen MR) is 152 cm³/mol. The van der Waals surface area contributed by atoms with Crippen LogP contribution in [-0.2, 0) is 11.3 Å². The number of rotatable bonds is 10. The number of thioether (sulfide) groups is 1. The number of amides is 1. The van der Waals surface area contributed by atoms with Gasteiger partial charge in [0.25, 0.3) is 5.91 Å². The fraction of sp³-hybridized carbons (Fsp3) is 0.103. The molecule has 1 amide bonds. The summed E-state index contributed by atoms with van der Waals surface area (Å²) in [6.45, 7) is 0.464. The molecule has 190 valence electrons. The Morgan fingerprint density at radius 1 is 0.947 bits per heavy atom. The lowest BCUT2D eigenvalue weighted by Gasteiger charge is -2.12. The number of anilines is 1. The minimum absolute atomic E-state index is 0.130. The maximum Gasteiger partial charge on any atom is 0.250 e. The van der Waals surface area contributed by atoms with Crippen molar-refractivity contribution in [3.05, 3.63) is 108 Å². The van der Waals surface area contributed by atoms with Gasteiger partial charge < -0.3 is 10.1 Å². The first-order valence-corrected chi connectivity index (χ1v) is 13.0. The van der Waals surface area contributed by atoms with E-state index in [4.69, 9.17) is 4.74 Å². The van der Waals surface area contributed by atoms with E-state index in [2.05, 4.69) is 50.3 Å². The second kappa shape index (κ2) is 12.1. The average molecular weight is 523 g/mol. The Bertz CT molecular complexity index is 1560. The molecule has 2 N–H and O–H groups in total. The van der Waals surface area contributed by atoms with Gasteiger partial charge in [0, 0.05) is 22.3 Å². The highest BCUT2D eigenvalue weighted by atomic mass is 32.2. The summed E-state index contributed by atoms with van der Waals surface area (Å²) in [5.41, 5.74) is 5.28. The van der Waals surface area contributed by atoms with Crippen molar-refractivity contribution in [1.82, 2.24) is 20.2 Å². The topological polar surface area (TPSA) is 93.4 Å². The highest BCUT2D eigenvalue weighted by molar-refractivity contribution is 7.99. The number of nitrogens with one attached hydrogen (secondary N) is 2. The molecule has 8 nitrogen and oxygen atoms in total. The van der Waals surface area contributed by atoms with Crippen LogP contribution in [0.2, 0.25) is 0 Å². The van der Waals surface area contributed by atoms with E-state index in [1.54, 1.807) is 13.3 Å². The highest BCUT2D eigenvalue weighted by Crippen LogP contribution is 2.25. The molecule has 1 heterocycles. The first-order valence-electron chi connectivity index (χ1n) is 12.0. The quantitative estimate of drug-likeness (QED) is 0.147. The van der Waals surface area contributed by atoms with Gasteiger partial charge in [0.2, 0.25) is 0 Å². The van der Waals surface area contributed by atoms with E-state index >= 15 is 0 Å². The Balaban J connectivity index is 1.29. The standard InChI is InChI=1S/C29H26N6O2S/c1-37-26-17-8-6-11-22(26)18-31-33-28(36)20-38-29-34-32-27(35(29)23-13-3-2-4-14-23)19-30-25-16-9-12-21-10-5-7-15-24(21)25/h2-18,30H,19-20H2,1H3,(H,33,36). The molecule has 0 aliphatic rings. The molecule has 5 aromatic rings. The molecule has 0 unspecified atom stereocenters. The van der Waals surface area contributed by atoms with Gasteiger partial charge in [-0.15, -0.1) is 10.2 Å². The van der Waals surface area contributed by atoms with E-state index < -0.39 is 0 Å². The van der Waals surface area contributed by atoms with Gasteiger partial charge in [0.1, 0.15) is 5.75 Å². The molecule has 0 saturated heterocycles. The van der Waals surface area contributed by atoms with Gasteiger partial charge in [0.15, 0.2) is 11.0 Å². The smallest absolute Gasteiger partial charge is 0.250 e. The number of carbonyl (C=O) groups is 1. The summed E-state index contributed by atoms with van der Waals surface area (Å²) in [6.07, 6.45) is 1.56. The number of methoxy groups -OCH3 is 1. The van der Waals surface area contributed by atoms with Gasteiger partial charge in [-0.25, -0.2) is 5.43 Å². The minimum atomic E-state index is -0.251. The van der Waals surface area contributed by atoms with Crippen molar-refractivity contribution in [2.75, 3.05) is 18.2 Å². The number of hydrogen-bond acceptors (Lipinski definition) is 7. The SMILES string of the molecule is COc1ccccc1C=NNC(=O)CSc1nnc(CNc2cccc3ccccc23)n1-c1ccccc1. The zero-order valence-corrected chi connectivity index (χ0v) is 21.6. The van der Waals surface area contributed by atoms with Crippen LogP contribution >= 0.6 is 11.8 Å². The fourth-order valence-electron chi connectivity index (χ4n) is 4.01. The number of hydrogen-bond donors (Lipinski definition) is 2. The van der Waals surface area contributed by atoms with Gasteiger partial charge in [-0.2, -0.15) is 5.10 Å². The molecule has 38 heavy (non-hydrogen) atoms. The molecule has 4 aromatic carbocycles. The molecular formula is C29H26N6O2S. The van der Waals surface area contributed by atoms with Crippen LogP contribution in [-0.4, -0.2) is 39.7 Å². The Morgan fingerprint density at radius 3 is 2.58 bits per heavy atom. The molecule has 5 rings (SSSR count). The highest BCUT2D eigenvalue weighted by Gasteiger charge is 2.16. The normalized spacial score (nSPS) is 11.1. The number of nitrogens with zero attached hydrogens (tertiary/aromatic N) is 4. The van der Waals surface area contributed by atoms with Crippen molar-refractivity contribution in [1.29, 1.82) is 0 Å². The molecule has 0 fully saturated rings. The number of para-hydroxylation sites is 2. The Morgan fingerprint density at radius 2 is 1.71 bits per heavy atom. The second-order valence-corrected chi connectivity index (χ2v) is 9.22. The monoisotopic (exact) mass is 522 g/mol. The molecule has 9 heteroatoms. The van der Waals surface area contributed by atoms with E-state index in [0.717, 1.165) is 33.5 Å². The lowest BCUT2D eigenvalue weighted by atomic mass is 10.1. The third-order valence-corrected chi connectivity index (χ3v) is 6.73. The van der Waals surface area contributed by atoms with Crippen molar-refractivity contribution in [3.8, 4) is 11.4 Å². The largest absolute Gasteiger partial charge is 0.496 e. The zero-order chi connectivity index (χ0) is 26.2. The molecule has 0 bridgehead atoms. The summed E-state index contributed by atoms with van der Waals surface area (Å²) in [4.78, 5) is 12.5. The molecule has 0 atom stereocenters. The summed E-state index contributed by atoms with van der Waals surface area (Å²) in [7, 11) is 1.59. The van der Waals surface area contributed by atoms with Gasteiger partial charge in [-0.3, -0.25) is 9.36 Å². The first kappa shape index (κ1) is 25.0. The van der Waals surface area contributed by atoms with Crippen molar-refractivity contribution in [3.63, 3.8) is 0 Å². The van der Waals surface area contributed by atoms with E-state index in [9.17, 15) is 4.79 Å². The predicted octanol–water partition coefficient (Wildman–Crippen LogP) is 5.28. The van der Waals surface area contributed by atoms with Gasteiger partial charge in [-0.1, -0.05) is 78.5 Å². The summed E-state index contributed by atoms with van der Waals surface area (Å²) in [5, 5.41) is 19.3. The van der Waals surface area contributed by atoms with Crippen LogP contribution in [0.1, 0.15) is 11.4 Å². The molecule has 0 radical (unpaired) electrons. The summed E-state index contributed by atoms with van der Waals surface area (Å²) in [5.74, 6) is 1.30. The van der Waals surface area contributed by atoms with Crippen LogP contribution in [0.3, 0.4) is 0 Å². The molecule has 1 aromatic heterocycles. The van der Waals surface area contributed by atoms with Crippen molar-refractivity contribution in [2.24, 2.45) is 5.10 Å². The summed E-state index contributed by atoms with van der Waals surface area (Å²) < 4.78 is 7.27. The minimum Gasteiger partial charge on any atom is -0.496 e. The van der Waals surface area contributed by atoms with Crippen LogP contribution in [0, 0.1) is 0 Å². The third kappa shape index (κ3) is 5.84. The third-order valence-electron chi connectivity index (χ3n) is 5.81. The molecule has 0 spiro atoms. The Hall–Kier alpha value is -4.63. The lowest BCUT2D eigenvalue weighted by Crippen LogP contribution is -2.20. The second-order valence-electron chi connectivity index (χ2n) is 8.27. The summed E-state index contributed by atoms with van der Waals surface area (Å²) >= 11 is 1.30. The van der Waals surface area contributed by atoms with Crippen LogP contribution in [0.15, 0.2) is 107 Å². The van der Waals surface area contributed by atoms with Gasteiger partial charge in [-0.05, 0) is 35.7 Å². The number of ether oxygens (including phenoxy) is 1. The first-order chi connectivity index (χ1) is 18.7. The van der Waals surface area contributed by atoms with E-state index in [1.165, 1.54) is 11.8 Å². The zero-order valence-electron chi connectivity index (χ0n) is 20.7. The lowest BCUT2D eigenvalue weighted by molar-refractivity contribution is -0.118. The van der Waals surface area contributed by atoms with Crippen LogP contribution in [0.25, 0.3) is 16.5 Å². The summed E-state index contributed by atoms with van der Waals surface area (Å²) in [6, 6.07) is 31.7. The maximum atomic E-state index is 12.5. The maximum absolute atomic E-state index is 12.5. The molecule has 0 aliphatic heterocycles. The van der Waals surface area contributed by atoms with E-state index in [1.807, 2.05) is 77.4 Å². The van der Waals surface area contributed by atoms with Gasteiger partial charge >= 0.3 is 0 Å². The number of fused-ring (bicyclic) bond motifs is 1. The van der Waals surface area contributed by atoms with E-state index in [-0.39, 0.29) is 11.7 Å². The van der Waals surface area contributed by atoms with E-state index in [0.29, 0.717) is 17.5 Å². The average Bonchev–Trinajstić information content (AvgIpc) is 3.38. The molecule has 0 aliphatic carbocycles. The van der Waals surface area contributed by atoms with Gasteiger partial charge in [0.05, 0.1) is 25.6 Å². The number of benzene rings is 4. The van der Waals surface area contributed by atoms with Crippen molar-refractivity contribution >= 4 is 40.3 Å². The van der Waals surface area contributed by atoms with Crippen molar-refractivity contribution < 1.29 is 9.53 Å². The van der Waals surface area contributed by atoms with Crippen LogP contribution < -0.4 is 15.5 Å².